The Morgan fingerprint density at radius 2 is 2.00 bits per heavy atom. The molecule has 98 valence electrons. The number of hydrogen-bond acceptors (Lipinski definition) is 4. The normalized spacial score (nSPS) is 21.4. The standard InChI is InChI=1S/C13H19N3O2/c1-3-14-11-5-4-6-12(13(11)16(17)18)15-8-10-7-9(10)2/h4-6,9-10,14-15H,3,7-8H2,1-2H3. The molecule has 1 aromatic carbocycles. The molecule has 0 radical (unpaired) electrons. The number of nitrogens with one attached hydrogen (secondary N) is 2. The van der Waals surface area contributed by atoms with Crippen LogP contribution in [0.25, 0.3) is 0 Å². The lowest BCUT2D eigenvalue weighted by atomic mass is 10.2. The third-order valence-corrected chi connectivity index (χ3v) is 3.42. The third-order valence-electron chi connectivity index (χ3n) is 3.42. The minimum absolute atomic E-state index is 0.146. The molecule has 0 bridgehead atoms. The summed E-state index contributed by atoms with van der Waals surface area (Å²) in [5.41, 5.74) is 1.33. The number of nitro benzene ring substituents is 1. The van der Waals surface area contributed by atoms with E-state index in [2.05, 4.69) is 17.6 Å². The summed E-state index contributed by atoms with van der Waals surface area (Å²) in [6, 6.07) is 5.35. The van der Waals surface area contributed by atoms with E-state index in [1.54, 1.807) is 12.1 Å². The molecule has 0 amide bonds. The summed E-state index contributed by atoms with van der Waals surface area (Å²) < 4.78 is 0. The quantitative estimate of drug-likeness (QED) is 0.600. The number of nitrogens with zero attached hydrogens (tertiary/aromatic N) is 1. The highest BCUT2D eigenvalue weighted by molar-refractivity contribution is 5.76. The maximum absolute atomic E-state index is 11.2. The van der Waals surface area contributed by atoms with Crippen molar-refractivity contribution in [2.24, 2.45) is 11.8 Å². The Kier molecular flexibility index (Phi) is 3.69. The molecule has 1 aliphatic carbocycles. The van der Waals surface area contributed by atoms with Crippen LogP contribution in [0.4, 0.5) is 17.1 Å². The molecule has 0 aliphatic heterocycles. The molecule has 0 heterocycles. The van der Waals surface area contributed by atoms with Crippen molar-refractivity contribution in [1.29, 1.82) is 0 Å². The molecular weight excluding hydrogens is 230 g/mol. The second kappa shape index (κ2) is 5.25. The highest BCUT2D eigenvalue weighted by Crippen LogP contribution is 2.39. The number of benzene rings is 1. The van der Waals surface area contributed by atoms with E-state index >= 15 is 0 Å². The van der Waals surface area contributed by atoms with Crippen molar-refractivity contribution in [2.75, 3.05) is 23.7 Å². The number of hydrogen-bond donors (Lipinski definition) is 2. The van der Waals surface area contributed by atoms with Gasteiger partial charge in [-0.25, -0.2) is 0 Å². The lowest BCUT2D eigenvalue weighted by Crippen LogP contribution is -2.08. The first-order valence-corrected chi connectivity index (χ1v) is 6.38. The maximum atomic E-state index is 11.2. The summed E-state index contributed by atoms with van der Waals surface area (Å²) in [5.74, 6) is 1.40. The number of nitro groups is 1. The van der Waals surface area contributed by atoms with Crippen molar-refractivity contribution in [3.8, 4) is 0 Å². The van der Waals surface area contributed by atoms with Crippen LogP contribution in [-0.2, 0) is 0 Å². The molecule has 1 aliphatic rings. The number of rotatable bonds is 6. The summed E-state index contributed by atoms with van der Waals surface area (Å²) in [7, 11) is 0. The van der Waals surface area contributed by atoms with Crippen molar-refractivity contribution < 1.29 is 4.92 Å². The lowest BCUT2D eigenvalue weighted by molar-refractivity contribution is -0.383. The second-order valence-electron chi connectivity index (χ2n) is 4.84. The largest absolute Gasteiger partial charge is 0.380 e. The molecule has 2 N–H and O–H groups in total. The van der Waals surface area contributed by atoms with Crippen LogP contribution in [0.15, 0.2) is 18.2 Å². The van der Waals surface area contributed by atoms with Crippen LogP contribution in [0, 0.1) is 22.0 Å². The van der Waals surface area contributed by atoms with Crippen LogP contribution >= 0.6 is 0 Å². The molecule has 1 saturated carbocycles. The van der Waals surface area contributed by atoms with Crippen molar-refractivity contribution in [2.45, 2.75) is 20.3 Å². The van der Waals surface area contributed by atoms with Crippen molar-refractivity contribution in [3.05, 3.63) is 28.3 Å². The Bertz CT molecular complexity index is 448. The number of anilines is 2. The van der Waals surface area contributed by atoms with Gasteiger partial charge in [-0.05, 0) is 37.3 Å². The smallest absolute Gasteiger partial charge is 0.315 e. The maximum Gasteiger partial charge on any atom is 0.315 e. The van der Waals surface area contributed by atoms with Crippen molar-refractivity contribution >= 4 is 17.1 Å². The SMILES string of the molecule is CCNc1cccc(NCC2CC2C)c1[N+](=O)[O-]. The van der Waals surface area contributed by atoms with E-state index in [-0.39, 0.29) is 10.6 Å². The highest BCUT2D eigenvalue weighted by Gasteiger charge is 2.32. The molecule has 2 rings (SSSR count). The Hall–Kier alpha value is -1.78. The van der Waals surface area contributed by atoms with Crippen LogP contribution in [-0.4, -0.2) is 18.0 Å². The molecule has 0 aromatic heterocycles. The highest BCUT2D eigenvalue weighted by atomic mass is 16.6. The monoisotopic (exact) mass is 249 g/mol. The zero-order chi connectivity index (χ0) is 13.1. The van der Waals surface area contributed by atoms with E-state index in [1.807, 2.05) is 13.0 Å². The molecule has 2 atom stereocenters. The first-order valence-electron chi connectivity index (χ1n) is 6.38. The van der Waals surface area contributed by atoms with Gasteiger partial charge in [0.2, 0.25) is 0 Å². The Morgan fingerprint density at radius 3 is 2.50 bits per heavy atom. The first-order chi connectivity index (χ1) is 8.63. The summed E-state index contributed by atoms with van der Waals surface area (Å²) in [6.45, 7) is 5.62. The van der Waals surface area contributed by atoms with E-state index in [0.29, 0.717) is 23.8 Å². The summed E-state index contributed by atoms with van der Waals surface area (Å²) in [5, 5.41) is 17.4. The van der Waals surface area contributed by atoms with E-state index in [0.717, 1.165) is 12.5 Å². The molecule has 5 nitrogen and oxygen atoms in total. The molecule has 1 fully saturated rings. The van der Waals surface area contributed by atoms with Gasteiger partial charge in [0.15, 0.2) is 0 Å². The summed E-state index contributed by atoms with van der Waals surface area (Å²) in [6.07, 6.45) is 1.22. The van der Waals surface area contributed by atoms with Gasteiger partial charge in [-0.15, -0.1) is 0 Å². The zero-order valence-corrected chi connectivity index (χ0v) is 10.8. The average Bonchev–Trinajstić information content (AvgIpc) is 3.03. The van der Waals surface area contributed by atoms with Gasteiger partial charge in [0, 0.05) is 13.1 Å². The predicted octanol–water partition coefficient (Wildman–Crippen LogP) is 3.09. The predicted molar refractivity (Wildman–Crippen MR) is 73.0 cm³/mol. The van der Waals surface area contributed by atoms with Gasteiger partial charge in [-0.2, -0.15) is 0 Å². The zero-order valence-electron chi connectivity index (χ0n) is 10.8. The first kappa shape index (κ1) is 12.7. The van der Waals surface area contributed by atoms with Crippen molar-refractivity contribution in [1.82, 2.24) is 0 Å². The van der Waals surface area contributed by atoms with Gasteiger partial charge in [0.05, 0.1) is 4.92 Å². The van der Waals surface area contributed by atoms with Gasteiger partial charge in [-0.1, -0.05) is 13.0 Å². The summed E-state index contributed by atoms with van der Waals surface area (Å²) >= 11 is 0. The Morgan fingerprint density at radius 1 is 1.39 bits per heavy atom. The van der Waals surface area contributed by atoms with Crippen LogP contribution in [0.1, 0.15) is 20.3 Å². The van der Waals surface area contributed by atoms with Crippen molar-refractivity contribution in [3.63, 3.8) is 0 Å². The third kappa shape index (κ3) is 2.72. The fourth-order valence-corrected chi connectivity index (χ4v) is 2.14. The molecule has 0 saturated heterocycles. The molecule has 1 aromatic rings. The molecule has 0 spiro atoms. The minimum Gasteiger partial charge on any atom is -0.380 e. The van der Waals surface area contributed by atoms with E-state index in [4.69, 9.17) is 0 Å². The van der Waals surface area contributed by atoms with Gasteiger partial charge >= 0.3 is 5.69 Å². The number of para-hydroxylation sites is 1. The van der Waals surface area contributed by atoms with Crippen LogP contribution in [0.5, 0.6) is 0 Å². The Balaban J connectivity index is 2.16. The Labute approximate surface area is 107 Å². The fourth-order valence-electron chi connectivity index (χ4n) is 2.14. The van der Waals surface area contributed by atoms with Crippen LogP contribution in [0.2, 0.25) is 0 Å². The molecular formula is C13H19N3O2. The topological polar surface area (TPSA) is 67.2 Å². The second-order valence-corrected chi connectivity index (χ2v) is 4.84. The summed E-state index contributed by atoms with van der Waals surface area (Å²) in [4.78, 5) is 10.8. The average molecular weight is 249 g/mol. The van der Waals surface area contributed by atoms with Gasteiger partial charge < -0.3 is 10.6 Å². The van der Waals surface area contributed by atoms with E-state index < -0.39 is 0 Å². The lowest BCUT2D eigenvalue weighted by Gasteiger charge is -2.10. The van der Waals surface area contributed by atoms with Crippen LogP contribution in [0.3, 0.4) is 0 Å². The molecule has 2 unspecified atom stereocenters. The molecule has 18 heavy (non-hydrogen) atoms. The van der Waals surface area contributed by atoms with Gasteiger partial charge in [0.25, 0.3) is 0 Å². The van der Waals surface area contributed by atoms with Gasteiger partial charge in [-0.3, -0.25) is 10.1 Å². The van der Waals surface area contributed by atoms with Gasteiger partial charge in [0.1, 0.15) is 11.4 Å². The van der Waals surface area contributed by atoms with Crippen LogP contribution < -0.4 is 10.6 Å². The minimum atomic E-state index is -0.323. The van der Waals surface area contributed by atoms with E-state index in [9.17, 15) is 10.1 Å². The fraction of sp³-hybridized carbons (Fsp3) is 0.538. The van der Waals surface area contributed by atoms with E-state index in [1.165, 1.54) is 6.42 Å². The molecule has 5 heteroatoms.